The first kappa shape index (κ1) is 11.6. The van der Waals surface area contributed by atoms with E-state index < -0.39 is 0 Å². The van der Waals surface area contributed by atoms with Crippen LogP contribution in [0, 0.1) is 19.8 Å². The molecule has 1 aromatic rings. The zero-order valence-electron chi connectivity index (χ0n) is 10.3. The standard InChI is InChI=1S/C14H22N2/c1-10-3-4-13(9-11(10)2)14(15)12-5-7-16-8-6-12/h3-4,9,12,14,16H,5-8,15H2,1-2H3. The third-order valence-corrected chi connectivity index (χ3v) is 3.81. The summed E-state index contributed by atoms with van der Waals surface area (Å²) in [5.74, 6) is 0.642. The Morgan fingerprint density at radius 3 is 2.50 bits per heavy atom. The van der Waals surface area contributed by atoms with Crippen molar-refractivity contribution in [3.05, 3.63) is 34.9 Å². The Balaban J connectivity index is 2.12. The first-order valence-electron chi connectivity index (χ1n) is 6.22. The average molecular weight is 218 g/mol. The molecule has 1 atom stereocenters. The highest BCUT2D eigenvalue weighted by molar-refractivity contribution is 5.31. The van der Waals surface area contributed by atoms with E-state index in [-0.39, 0.29) is 6.04 Å². The third kappa shape index (κ3) is 2.45. The molecule has 0 radical (unpaired) electrons. The molecule has 1 unspecified atom stereocenters. The van der Waals surface area contributed by atoms with Gasteiger partial charge in [0.25, 0.3) is 0 Å². The van der Waals surface area contributed by atoms with Crippen LogP contribution in [-0.4, -0.2) is 13.1 Å². The molecular weight excluding hydrogens is 196 g/mol. The Labute approximate surface area is 98.2 Å². The topological polar surface area (TPSA) is 38.0 Å². The second kappa shape index (κ2) is 4.98. The maximum Gasteiger partial charge on any atom is 0.0324 e. The van der Waals surface area contributed by atoms with Crippen molar-refractivity contribution in [2.45, 2.75) is 32.7 Å². The van der Waals surface area contributed by atoms with Gasteiger partial charge in [0, 0.05) is 6.04 Å². The van der Waals surface area contributed by atoms with Crippen LogP contribution < -0.4 is 11.1 Å². The normalized spacial score (nSPS) is 19.7. The fraction of sp³-hybridized carbons (Fsp3) is 0.571. The Bertz CT molecular complexity index is 354. The van der Waals surface area contributed by atoms with Crippen molar-refractivity contribution in [3.63, 3.8) is 0 Å². The molecule has 16 heavy (non-hydrogen) atoms. The summed E-state index contributed by atoms with van der Waals surface area (Å²) in [6.45, 7) is 6.54. The Kier molecular flexibility index (Phi) is 3.62. The summed E-state index contributed by atoms with van der Waals surface area (Å²) in [5, 5.41) is 3.39. The number of aryl methyl sites for hydroxylation is 2. The lowest BCUT2D eigenvalue weighted by Gasteiger charge is -2.28. The number of piperidine rings is 1. The number of benzene rings is 1. The first-order chi connectivity index (χ1) is 7.68. The smallest absolute Gasteiger partial charge is 0.0324 e. The second-order valence-electron chi connectivity index (χ2n) is 4.96. The molecule has 2 heteroatoms. The van der Waals surface area contributed by atoms with Gasteiger partial charge in [-0.1, -0.05) is 18.2 Å². The maximum atomic E-state index is 6.36. The number of nitrogens with two attached hydrogens (primary N) is 1. The van der Waals surface area contributed by atoms with E-state index in [2.05, 4.69) is 37.4 Å². The van der Waals surface area contributed by atoms with Gasteiger partial charge in [0.05, 0.1) is 0 Å². The summed E-state index contributed by atoms with van der Waals surface area (Å²) >= 11 is 0. The fourth-order valence-corrected chi connectivity index (χ4v) is 2.45. The predicted molar refractivity (Wildman–Crippen MR) is 68.4 cm³/mol. The average Bonchev–Trinajstić information content (AvgIpc) is 2.33. The number of nitrogens with one attached hydrogen (secondary N) is 1. The fourth-order valence-electron chi connectivity index (χ4n) is 2.45. The minimum absolute atomic E-state index is 0.210. The Hall–Kier alpha value is -0.860. The molecule has 0 aromatic heterocycles. The molecule has 1 aliphatic heterocycles. The van der Waals surface area contributed by atoms with Gasteiger partial charge in [-0.05, 0) is 62.4 Å². The summed E-state index contributed by atoms with van der Waals surface area (Å²) in [4.78, 5) is 0. The van der Waals surface area contributed by atoms with E-state index in [0.717, 1.165) is 13.1 Å². The van der Waals surface area contributed by atoms with Gasteiger partial charge < -0.3 is 11.1 Å². The molecule has 1 aliphatic rings. The molecule has 0 aliphatic carbocycles. The van der Waals surface area contributed by atoms with Crippen LogP contribution in [0.25, 0.3) is 0 Å². The molecule has 2 rings (SSSR count). The molecule has 0 spiro atoms. The van der Waals surface area contributed by atoms with Gasteiger partial charge in [-0.15, -0.1) is 0 Å². The van der Waals surface area contributed by atoms with Gasteiger partial charge >= 0.3 is 0 Å². The molecule has 0 saturated carbocycles. The van der Waals surface area contributed by atoms with Crippen molar-refractivity contribution in [2.24, 2.45) is 11.7 Å². The van der Waals surface area contributed by atoms with E-state index in [1.165, 1.54) is 29.5 Å². The maximum absolute atomic E-state index is 6.36. The highest BCUT2D eigenvalue weighted by Gasteiger charge is 2.21. The molecule has 2 nitrogen and oxygen atoms in total. The van der Waals surface area contributed by atoms with Gasteiger partial charge in [0.1, 0.15) is 0 Å². The van der Waals surface area contributed by atoms with Crippen LogP contribution in [0.4, 0.5) is 0 Å². The SMILES string of the molecule is Cc1ccc(C(N)C2CCNCC2)cc1C. The molecule has 0 amide bonds. The molecule has 3 N–H and O–H groups in total. The van der Waals surface area contributed by atoms with Crippen LogP contribution in [0.5, 0.6) is 0 Å². The molecule has 88 valence electrons. The number of hydrogen-bond donors (Lipinski definition) is 2. The van der Waals surface area contributed by atoms with Crippen molar-refractivity contribution in [1.29, 1.82) is 0 Å². The van der Waals surface area contributed by atoms with E-state index in [1.807, 2.05) is 0 Å². The summed E-state index contributed by atoms with van der Waals surface area (Å²) in [6.07, 6.45) is 2.40. The third-order valence-electron chi connectivity index (χ3n) is 3.81. The van der Waals surface area contributed by atoms with Crippen molar-refractivity contribution < 1.29 is 0 Å². The molecule has 1 fully saturated rings. The monoisotopic (exact) mass is 218 g/mol. The lowest BCUT2D eigenvalue weighted by atomic mass is 9.86. The van der Waals surface area contributed by atoms with Crippen LogP contribution in [-0.2, 0) is 0 Å². The van der Waals surface area contributed by atoms with Gasteiger partial charge in [-0.3, -0.25) is 0 Å². The van der Waals surface area contributed by atoms with E-state index in [1.54, 1.807) is 0 Å². The van der Waals surface area contributed by atoms with Crippen LogP contribution in [0.1, 0.15) is 35.6 Å². The zero-order valence-corrected chi connectivity index (χ0v) is 10.3. The van der Waals surface area contributed by atoms with E-state index in [4.69, 9.17) is 5.73 Å². The zero-order chi connectivity index (χ0) is 11.5. The highest BCUT2D eigenvalue weighted by atomic mass is 14.9. The van der Waals surface area contributed by atoms with Gasteiger partial charge in [0.2, 0.25) is 0 Å². The van der Waals surface area contributed by atoms with Crippen molar-refractivity contribution in [1.82, 2.24) is 5.32 Å². The summed E-state index contributed by atoms with van der Waals surface area (Å²) in [6, 6.07) is 6.84. The molecule has 1 saturated heterocycles. The summed E-state index contributed by atoms with van der Waals surface area (Å²) < 4.78 is 0. The lowest BCUT2D eigenvalue weighted by Crippen LogP contribution is -2.33. The van der Waals surface area contributed by atoms with E-state index in [9.17, 15) is 0 Å². The Morgan fingerprint density at radius 1 is 1.19 bits per heavy atom. The minimum Gasteiger partial charge on any atom is -0.324 e. The molecular formula is C14H22N2. The van der Waals surface area contributed by atoms with Gasteiger partial charge in [-0.2, -0.15) is 0 Å². The van der Waals surface area contributed by atoms with E-state index in [0.29, 0.717) is 5.92 Å². The van der Waals surface area contributed by atoms with Crippen molar-refractivity contribution in [2.75, 3.05) is 13.1 Å². The van der Waals surface area contributed by atoms with E-state index >= 15 is 0 Å². The summed E-state index contributed by atoms with van der Waals surface area (Å²) in [7, 11) is 0. The van der Waals surface area contributed by atoms with Crippen LogP contribution in [0.3, 0.4) is 0 Å². The van der Waals surface area contributed by atoms with Crippen molar-refractivity contribution >= 4 is 0 Å². The molecule has 0 bridgehead atoms. The molecule has 1 heterocycles. The lowest BCUT2D eigenvalue weighted by molar-refractivity contribution is 0.322. The van der Waals surface area contributed by atoms with Crippen LogP contribution >= 0.6 is 0 Å². The van der Waals surface area contributed by atoms with Crippen molar-refractivity contribution in [3.8, 4) is 0 Å². The predicted octanol–water partition coefficient (Wildman–Crippen LogP) is 2.30. The van der Waals surface area contributed by atoms with Gasteiger partial charge in [0.15, 0.2) is 0 Å². The Morgan fingerprint density at radius 2 is 1.88 bits per heavy atom. The number of rotatable bonds is 2. The summed E-state index contributed by atoms with van der Waals surface area (Å²) in [5.41, 5.74) is 10.4. The number of hydrogen-bond acceptors (Lipinski definition) is 2. The largest absolute Gasteiger partial charge is 0.324 e. The quantitative estimate of drug-likeness (QED) is 0.799. The minimum atomic E-state index is 0.210. The van der Waals surface area contributed by atoms with Gasteiger partial charge in [-0.25, -0.2) is 0 Å². The van der Waals surface area contributed by atoms with Crippen LogP contribution in [0.2, 0.25) is 0 Å². The second-order valence-corrected chi connectivity index (χ2v) is 4.96. The molecule has 1 aromatic carbocycles. The van der Waals surface area contributed by atoms with Crippen LogP contribution in [0.15, 0.2) is 18.2 Å². The first-order valence-corrected chi connectivity index (χ1v) is 6.22. The highest BCUT2D eigenvalue weighted by Crippen LogP contribution is 2.27.